The highest BCUT2D eigenvalue weighted by Gasteiger charge is 2.17. The van der Waals surface area contributed by atoms with Crippen LogP contribution in [-0.4, -0.2) is 33.6 Å². The van der Waals surface area contributed by atoms with Crippen LogP contribution in [0.15, 0.2) is 73.2 Å². The minimum Gasteiger partial charge on any atom is -0.348 e. The number of benzene rings is 2. The van der Waals surface area contributed by atoms with Gasteiger partial charge in [0, 0.05) is 48.7 Å². The smallest absolute Gasteiger partial charge is 0.210 e. The minimum atomic E-state index is 0.615. The first-order valence-electron chi connectivity index (χ1n) is 10.0. The summed E-state index contributed by atoms with van der Waals surface area (Å²) in [6, 6.07) is 19.5. The highest BCUT2D eigenvalue weighted by atomic mass is 15.3. The van der Waals surface area contributed by atoms with Crippen molar-refractivity contribution in [2.45, 2.75) is 0 Å². The van der Waals surface area contributed by atoms with Crippen molar-refractivity contribution >= 4 is 27.9 Å². The lowest BCUT2D eigenvalue weighted by Crippen LogP contribution is -2.14. The molecule has 0 aliphatic heterocycles. The lowest BCUT2D eigenvalue weighted by atomic mass is 10.1. The van der Waals surface area contributed by atoms with Crippen LogP contribution in [-0.2, 0) is 0 Å². The molecule has 5 rings (SSSR count). The molecule has 5 aromatic rings. The molecule has 3 heterocycles. The number of nitriles is 1. The zero-order valence-electron chi connectivity index (χ0n) is 17.6. The fraction of sp³-hybridized carbons (Fsp3) is 0.0769. The molecule has 0 radical (unpaired) electrons. The van der Waals surface area contributed by atoms with E-state index in [-0.39, 0.29) is 0 Å². The predicted octanol–water partition coefficient (Wildman–Crippen LogP) is 4.31. The number of hydrogen-bond acceptors (Lipinski definition) is 5. The maximum absolute atomic E-state index is 9.18. The predicted molar refractivity (Wildman–Crippen MR) is 126 cm³/mol. The van der Waals surface area contributed by atoms with Gasteiger partial charge in [-0.1, -0.05) is 11.8 Å². The van der Waals surface area contributed by atoms with E-state index in [1.165, 1.54) is 0 Å². The molecule has 0 saturated heterocycles. The molecule has 2 aromatic carbocycles. The van der Waals surface area contributed by atoms with Crippen LogP contribution >= 0.6 is 0 Å². The Hall–Kier alpha value is -4.68. The molecule has 0 fully saturated rings. The summed E-state index contributed by atoms with van der Waals surface area (Å²) in [6.45, 7) is 0. The van der Waals surface area contributed by atoms with Crippen molar-refractivity contribution in [3.05, 3.63) is 89.9 Å². The summed E-state index contributed by atoms with van der Waals surface area (Å²) < 4.78 is 2.10. The van der Waals surface area contributed by atoms with Gasteiger partial charge in [-0.2, -0.15) is 5.26 Å². The highest BCUT2D eigenvalue weighted by molar-refractivity contribution is 6.04. The second-order valence-corrected chi connectivity index (χ2v) is 7.52. The van der Waals surface area contributed by atoms with Gasteiger partial charge in [-0.05, 0) is 54.6 Å². The first-order chi connectivity index (χ1) is 15.6. The van der Waals surface area contributed by atoms with Crippen molar-refractivity contribution in [2.75, 3.05) is 19.0 Å². The third-order valence-corrected chi connectivity index (χ3v) is 5.13. The molecule has 6 heteroatoms. The van der Waals surface area contributed by atoms with Crippen LogP contribution in [0.3, 0.4) is 0 Å². The molecule has 32 heavy (non-hydrogen) atoms. The molecule has 0 aliphatic carbocycles. The number of fused-ring (bicyclic) bond motifs is 3. The number of rotatable bonds is 2. The number of anilines is 1. The van der Waals surface area contributed by atoms with Gasteiger partial charge in [-0.25, -0.2) is 4.98 Å². The van der Waals surface area contributed by atoms with Crippen molar-refractivity contribution in [1.82, 2.24) is 19.5 Å². The van der Waals surface area contributed by atoms with Gasteiger partial charge in [0.15, 0.2) is 0 Å². The molecular formula is C26H18N6. The van der Waals surface area contributed by atoms with E-state index in [0.29, 0.717) is 5.56 Å². The van der Waals surface area contributed by atoms with E-state index >= 15 is 0 Å². The normalized spacial score (nSPS) is 10.5. The zero-order valence-corrected chi connectivity index (χ0v) is 17.6. The Balaban J connectivity index is 1.76. The summed E-state index contributed by atoms with van der Waals surface area (Å²) in [4.78, 5) is 15.5. The second kappa shape index (κ2) is 7.86. The van der Waals surface area contributed by atoms with Crippen molar-refractivity contribution in [1.29, 1.82) is 5.26 Å². The summed E-state index contributed by atoms with van der Waals surface area (Å²) in [7, 11) is 3.92. The molecule has 0 atom stereocenters. The van der Waals surface area contributed by atoms with E-state index in [9.17, 15) is 5.26 Å². The fourth-order valence-corrected chi connectivity index (χ4v) is 3.63. The molecular weight excluding hydrogens is 396 g/mol. The van der Waals surface area contributed by atoms with Crippen molar-refractivity contribution in [2.24, 2.45) is 0 Å². The summed E-state index contributed by atoms with van der Waals surface area (Å²) in [6.07, 6.45) is 5.28. The first-order valence-corrected chi connectivity index (χ1v) is 10.0. The van der Waals surface area contributed by atoms with E-state index in [0.717, 1.165) is 44.7 Å². The summed E-state index contributed by atoms with van der Waals surface area (Å²) in [5.74, 6) is 7.17. The van der Waals surface area contributed by atoms with Crippen LogP contribution in [0, 0.1) is 23.2 Å². The minimum absolute atomic E-state index is 0.615. The quantitative estimate of drug-likeness (QED) is 0.403. The first kappa shape index (κ1) is 19.3. The number of imidazole rings is 1. The third kappa shape index (κ3) is 3.40. The van der Waals surface area contributed by atoms with Crippen LogP contribution in [0.1, 0.15) is 16.7 Å². The average Bonchev–Trinajstić information content (AvgIpc) is 3.24. The van der Waals surface area contributed by atoms with Gasteiger partial charge in [-0.15, -0.1) is 0 Å². The number of hydrogen-bond donors (Lipinski definition) is 0. The van der Waals surface area contributed by atoms with E-state index in [4.69, 9.17) is 4.98 Å². The van der Waals surface area contributed by atoms with Gasteiger partial charge < -0.3 is 4.90 Å². The molecule has 3 aromatic heterocycles. The standard InChI is InChI=1S/C26H18N6/c1-31(2)26-30-24-17-29-23-12-9-18(5-6-20-4-3-13-28-16-20)14-22(23)25(24)32(26)21-10-7-19(15-27)8-11-21/h3-4,7-14,16-17H,1-2H3. The lowest BCUT2D eigenvalue weighted by molar-refractivity contribution is 0.971. The third-order valence-electron chi connectivity index (χ3n) is 5.13. The van der Waals surface area contributed by atoms with Gasteiger partial charge in [0.25, 0.3) is 0 Å². The summed E-state index contributed by atoms with van der Waals surface area (Å²) in [5.41, 5.74) is 5.90. The van der Waals surface area contributed by atoms with E-state index in [2.05, 4.69) is 38.5 Å². The lowest BCUT2D eigenvalue weighted by Gasteiger charge is -2.15. The van der Waals surface area contributed by atoms with Crippen LogP contribution in [0.5, 0.6) is 0 Å². The van der Waals surface area contributed by atoms with Crippen molar-refractivity contribution in [3.8, 4) is 23.6 Å². The summed E-state index contributed by atoms with van der Waals surface area (Å²) >= 11 is 0. The number of pyridine rings is 2. The molecule has 0 bridgehead atoms. The fourth-order valence-electron chi connectivity index (χ4n) is 3.63. The average molecular weight is 414 g/mol. The molecule has 0 N–H and O–H groups in total. The summed E-state index contributed by atoms with van der Waals surface area (Å²) in [5, 5.41) is 10.1. The van der Waals surface area contributed by atoms with Crippen molar-refractivity contribution in [3.63, 3.8) is 0 Å². The molecule has 0 aliphatic rings. The Bertz CT molecular complexity index is 1550. The molecule has 0 saturated carbocycles. The molecule has 152 valence electrons. The maximum Gasteiger partial charge on any atom is 0.210 e. The molecule has 0 amide bonds. The van der Waals surface area contributed by atoms with Crippen LogP contribution in [0.25, 0.3) is 27.6 Å². The van der Waals surface area contributed by atoms with Gasteiger partial charge in [0.2, 0.25) is 5.95 Å². The van der Waals surface area contributed by atoms with E-state index < -0.39 is 0 Å². The van der Waals surface area contributed by atoms with Gasteiger partial charge >= 0.3 is 0 Å². The number of nitrogens with zero attached hydrogens (tertiary/aromatic N) is 6. The van der Waals surface area contributed by atoms with Gasteiger partial charge in [0.1, 0.15) is 5.52 Å². The van der Waals surface area contributed by atoms with Crippen molar-refractivity contribution < 1.29 is 0 Å². The van der Waals surface area contributed by atoms with Gasteiger partial charge in [-0.3, -0.25) is 14.5 Å². The maximum atomic E-state index is 9.18. The topological polar surface area (TPSA) is 70.6 Å². The number of aromatic nitrogens is 4. The highest BCUT2D eigenvalue weighted by Crippen LogP contribution is 2.31. The monoisotopic (exact) mass is 414 g/mol. The van der Waals surface area contributed by atoms with E-state index in [1.54, 1.807) is 18.6 Å². The van der Waals surface area contributed by atoms with Crippen LogP contribution in [0.4, 0.5) is 5.95 Å². The van der Waals surface area contributed by atoms with E-state index in [1.807, 2.05) is 67.5 Å². The Kier molecular flexibility index (Phi) is 4.74. The Morgan fingerprint density at radius 3 is 2.38 bits per heavy atom. The van der Waals surface area contributed by atoms with Crippen LogP contribution < -0.4 is 4.90 Å². The Labute approximate surface area is 185 Å². The largest absolute Gasteiger partial charge is 0.348 e. The van der Waals surface area contributed by atoms with Gasteiger partial charge in [0.05, 0.1) is 28.9 Å². The molecule has 6 nitrogen and oxygen atoms in total. The molecule has 0 unspecified atom stereocenters. The van der Waals surface area contributed by atoms with Crippen LogP contribution in [0.2, 0.25) is 0 Å². The Morgan fingerprint density at radius 2 is 1.66 bits per heavy atom. The zero-order chi connectivity index (χ0) is 22.1. The molecule has 0 spiro atoms. The Morgan fingerprint density at radius 1 is 0.875 bits per heavy atom. The second-order valence-electron chi connectivity index (χ2n) is 7.52. The SMILES string of the molecule is CN(C)c1nc2cnc3ccc(C#Cc4cccnc4)cc3c2n1-c1ccc(C#N)cc1.